The predicted molar refractivity (Wildman–Crippen MR) is 86.4 cm³/mol. The van der Waals surface area contributed by atoms with E-state index in [-0.39, 0.29) is 12.3 Å². The van der Waals surface area contributed by atoms with Gasteiger partial charge in [-0.3, -0.25) is 4.79 Å². The highest BCUT2D eigenvalue weighted by Gasteiger charge is 2.31. The van der Waals surface area contributed by atoms with Crippen LogP contribution in [0.1, 0.15) is 44.2 Å². The molecule has 1 fully saturated rings. The molecular formula is C18H22N2O3. The smallest absolute Gasteiger partial charge is 0.223 e. The Bertz CT molecular complexity index is 645. The molecule has 5 heteroatoms. The van der Waals surface area contributed by atoms with Crippen LogP contribution in [0.4, 0.5) is 0 Å². The summed E-state index contributed by atoms with van der Waals surface area (Å²) in [6, 6.07) is 11.5. The highest BCUT2D eigenvalue weighted by molar-refractivity contribution is 5.77. The first-order valence-corrected chi connectivity index (χ1v) is 8.15. The number of benzene rings is 1. The Labute approximate surface area is 135 Å². The van der Waals surface area contributed by atoms with E-state index in [0.29, 0.717) is 30.8 Å². The molecule has 1 aromatic carbocycles. The summed E-state index contributed by atoms with van der Waals surface area (Å²) in [6.07, 6.45) is 4.72. The van der Waals surface area contributed by atoms with Crippen molar-refractivity contribution < 1.29 is 14.4 Å². The normalized spacial score (nSPS) is 16.9. The highest BCUT2D eigenvalue weighted by atomic mass is 16.5. The lowest BCUT2D eigenvalue weighted by Gasteiger charge is -2.31. The summed E-state index contributed by atoms with van der Waals surface area (Å²) in [5.41, 5.74) is 0.795. The molecule has 3 rings (SSSR count). The third-order valence-electron chi connectivity index (χ3n) is 4.36. The number of aromatic nitrogens is 1. The van der Waals surface area contributed by atoms with E-state index in [1.807, 2.05) is 36.4 Å². The Morgan fingerprint density at radius 2 is 1.96 bits per heavy atom. The van der Waals surface area contributed by atoms with Crippen molar-refractivity contribution in [3.05, 3.63) is 42.1 Å². The molecule has 23 heavy (non-hydrogen) atoms. The molecule has 0 spiro atoms. The van der Waals surface area contributed by atoms with E-state index in [1.165, 1.54) is 0 Å². The standard InChI is InChI=1S/C18H22N2O3/c21-17(12-18(22)9-5-2-6-10-18)19-13-15-11-16(23-20-15)14-7-3-1-4-8-14/h1,3-4,7-8,11,22H,2,5-6,9-10,12-13H2,(H,19,21). The number of nitrogens with zero attached hydrogens (tertiary/aromatic N) is 1. The fourth-order valence-electron chi connectivity index (χ4n) is 3.07. The Balaban J connectivity index is 1.52. The average Bonchev–Trinajstić information content (AvgIpc) is 3.03. The van der Waals surface area contributed by atoms with Crippen molar-refractivity contribution in [3.63, 3.8) is 0 Å². The second-order valence-electron chi connectivity index (χ2n) is 6.29. The van der Waals surface area contributed by atoms with Crippen LogP contribution in [0.5, 0.6) is 0 Å². The Kier molecular flexibility index (Phi) is 4.76. The van der Waals surface area contributed by atoms with Gasteiger partial charge in [0.05, 0.1) is 18.6 Å². The first-order chi connectivity index (χ1) is 11.1. The summed E-state index contributed by atoms with van der Waals surface area (Å²) >= 11 is 0. The fraction of sp³-hybridized carbons (Fsp3) is 0.444. The van der Waals surface area contributed by atoms with Crippen molar-refractivity contribution in [2.24, 2.45) is 0 Å². The zero-order chi connectivity index (χ0) is 16.1. The third-order valence-corrected chi connectivity index (χ3v) is 4.36. The SMILES string of the molecule is O=C(CC1(O)CCCCC1)NCc1cc(-c2ccccc2)on1. The number of amides is 1. The number of carbonyl (C=O) groups excluding carboxylic acids is 1. The molecule has 1 amide bonds. The second kappa shape index (κ2) is 6.96. The molecule has 0 bridgehead atoms. The molecule has 1 saturated carbocycles. The number of hydrogen-bond donors (Lipinski definition) is 2. The lowest BCUT2D eigenvalue weighted by molar-refractivity contribution is -0.127. The Morgan fingerprint density at radius 1 is 1.22 bits per heavy atom. The van der Waals surface area contributed by atoms with Gasteiger partial charge in [0.15, 0.2) is 5.76 Å². The lowest BCUT2D eigenvalue weighted by Crippen LogP contribution is -2.38. The van der Waals surface area contributed by atoms with Gasteiger partial charge in [0.2, 0.25) is 5.91 Å². The topological polar surface area (TPSA) is 75.4 Å². The number of aliphatic hydroxyl groups is 1. The van der Waals surface area contributed by atoms with E-state index in [9.17, 15) is 9.90 Å². The lowest BCUT2D eigenvalue weighted by atomic mass is 9.82. The minimum absolute atomic E-state index is 0.140. The van der Waals surface area contributed by atoms with Crippen LogP contribution in [0, 0.1) is 0 Å². The maximum Gasteiger partial charge on any atom is 0.223 e. The quantitative estimate of drug-likeness (QED) is 0.889. The summed E-state index contributed by atoms with van der Waals surface area (Å²) in [7, 11) is 0. The van der Waals surface area contributed by atoms with Crippen LogP contribution in [0.2, 0.25) is 0 Å². The number of rotatable bonds is 5. The van der Waals surface area contributed by atoms with Gasteiger partial charge in [0, 0.05) is 11.6 Å². The van der Waals surface area contributed by atoms with Crippen molar-refractivity contribution in [1.29, 1.82) is 0 Å². The molecule has 1 heterocycles. The van der Waals surface area contributed by atoms with Crippen LogP contribution in [0.25, 0.3) is 11.3 Å². The summed E-state index contributed by atoms with van der Waals surface area (Å²) in [5.74, 6) is 0.541. The van der Waals surface area contributed by atoms with Crippen molar-refractivity contribution in [2.45, 2.75) is 50.7 Å². The molecule has 2 aromatic rings. The van der Waals surface area contributed by atoms with Gasteiger partial charge < -0.3 is 14.9 Å². The van der Waals surface area contributed by atoms with Crippen molar-refractivity contribution in [1.82, 2.24) is 10.5 Å². The van der Waals surface area contributed by atoms with Crippen LogP contribution in [0.15, 0.2) is 40.9 Å². The van der Waals surface area contributed by atoms with Gasteiger partial charge in [-0.1, -0.05) is 54.8 Å². The minimum Gasteiger partial charge on any atom is -0.389 e. The maximum absolute atomic E-state index is 12.0. The Morgan fingerprint density at radius 3 is 2.70 bits per heavy atom. The van der Waals surface area contributed by atoms with Gasteiger partial charge in [0.25, 0.3) is 0 Å². The molecule has 2 N–H and O–H groups in total. The van der Waals surface area contributed by atoms with Gasteiger partial charge in [0.1, 0.15) is 5.69 Å². The van der Waals surface area contributed by atoms with Crippen LogP contribution >= 0.6 is 0 Å². The average molecular weight is 314 g/mol. The molecule has 1 aliphatic rings. The van der Waals surface area contributed by atoms with Gasteiger partial charge in [-0.05, 0) is 12.8 Å². The largest absolute Gasteiger partial charge is 0.389 e. The summed E-state index contributed by atoms with van der Waals surface area (Å²) in [4.78, 5) is 12.0. The molecule has 0 radical (unpaired) electrons. The van der Waals surface area contributed by atoms with Crippen LogP contribution in [0.3, 0.4) is 0 Å². The van der Waals surface area contributed by atoms with Crippen LogP contribution < -0.4 is 5.32 Å². The number of nitrogens with one attached hydrogen (secondary N) is 1. The van der Waals surface area contributed by atoms with E-state index in [0.717, 1.165) is 24.8 Å². The number of hydrogen-bond acceptors (Lipinski definition) is 4. The van der Waals surface area contributed by atoms with Gasteiger partial charge in [-0.15, -0.1) is 0 Å². The fourth-order valence-corrected chi connectivity index (χ4v) is 3.07. The van der Waals surface area contributed by atoms with E-state index < -0.39 is 5.60 Å². The van der Waals surface area contributed by atoms with E-state index in [4.69, 9.17) is 4.52 Å². The third kappa shape index (κ3) is 4.20. The van der Waals surface area contributed by atoms with Gasteiger partial charge in [-0.25, -0.2) is 0 Å². The highest BCUT2D eigenvalue weighted by Crippen LogP contribution is 2.30. The molecule has 0 atom stereocenters. The van der Waals surface area contributed by atoms with Crippen LogP contribution in [-0.4, -0.2) is 21.8 Å². The second-order valence-corrected chi connectivity index (χ2v) is 6.29. The zero-order valence-electron chi connectivity index (χ0n) is 13.1. The van der Waals surface area contributed by atoms with E-state index in [2.05, 4.69) is 10.5 Å². The van der Waals surface area contributed by atoms with Crippen molar-refractivity contribution in [3.8, 4) is 11.3 Å². The van der Waals surface area contributed by atoms with Gasteiger partial charge in [-0.2, -0.15) is 0 Å². The molecule has 122 valence electrons. The van der Waals surface area contributed by atoms with E-state index in [1.54, 1.807) is 0 Å². The van der Waals surface area contributed by atoms with Crippen molar-refractivity contribution in [2.75, 3.05) is 0 Å². The van der Waals surface area contributed by atoms with Crippen LogP contribution in [-0.2, 0) is 11.3 Å². The maximum atomic E-state index is 12.0. The Hall–Kier alpha value is -2.14. The molecule has 0 unspecified atom stereocenters. The molecule has 1 aliphatic carbocycles. The van der Waals surface area contributed by atoms with E-state index >= 15 is 0 Å². The minimum atomic E-state index is -0.832. The van der Waals surface area contributed by atoms with Gasteiger partial charge >= 0.3 is 0 Å². The molecule has 1 aromatic heterocycles. The predicted octanol–water partition coefficient (Wildman–Crippen LogP) is 3.04. The first-order valence-electron chi connectivity index (χ1n) is 8.15. The zero-order valence-corrected chi connectivity index (χ0v) is 13.1. The number of carbonyl (C=O) groups is 1. The summed E-state index contributed by atoms with van der Waals surface area (Å²) < 4.78 is 5.30. The molecule has 5 nitrogen and oxygen atoms in total. The molecule has 0 saturated heterocycles. The molecular weight excluding hydrogens is 292 g/mol. The first kappa shape index (κ1) is 15.7. The van der Waals surface area contributed by atoms with Crippen molar-refractivity contribution >= 4 is 5.91 Å². The molecule has 0 aliphatic heterocycles. The summed E-state index contributed by atoms with van der Waals surface area (Å²) in [6.45, 7) is 0.311. The monoisotopic (exact) mass is 314 g/mol. The summed E-state index contributed by atoms with van der Waals surface area (Å²) in [5, 5.41) is 17.2.